The highest BCUT2D eigenvalue weighted by Crippen LogP contribution is 2.17. The van der Waals surface area contributed by atoms with E-state index in [4.69, 9.17) is 10.5 Å². The lowest BCUT2D eigenvalue weighted by Gasteiger charge is -2.10. The van der Waals surface area contributed by atoms with Gasteiger partial charge in [0, 0.05) is 10.5 Å². The van der Waals surface area contributed by atoms with E-state index in [2.05, 4.69) is 20.9 Å². The van der Waals surface area contributed by atoms with E-state index in [1.807, 2.05) is 43.3 Å². The van der Waals surface area contributed by atoms with E-state index in [0.29, 0.717) is 6.61 Å². The van der Waals surface area contributed by atoms with E-state index in [-0.39, 0.29) is 6.04 Å². The van der Waals surface area contributed by atoms with Crippen LogP contribution in [0.2, 0.25) is 0 Å². The van der Waals surface area contributed by atoms with Crippen LogP contribution >= 0.6 is 15.9 Å². The van der Waals surface area contributed by atoms with Gasteiger partial charge in [0.15, 0.2) is 0 Å². The van der Waals surface area contributed by atoms with Crippen LogP contribution in [-0.2, 0) is 6.61 Å². The molecule has 2 aromatic rings. The first-order chi connectivity index (χ1) is 9.19. The second-order valence-corrected chi connectivity index (χ2v) is 5.27. The maximum absolute atomic E-state index is 5.92. The van der Waals surface area contributed by atoms with Gasteiger partial charge in [-0.2, -0.15) is 0 Å². The number of rotatable bonds is 5. The van der Waals surface area contributed by atoms with Gasteiger partial charge in [-0.05, 0) is 36.2 Å². The molecule has 0 saturated carbocycles. The lowest BCUT2D eigenvalue weighted by Crippen LogP contribution is -2.10. The molecule has 0 saturated heterocycles. The number of hydrogen-bond acceptors (Lipinski definition) is 3. The van der Waals surface area contributed by atoms with Crippen molar-refractivity contribution in [3.8, 4) is 5.75 Å². The van der Waals surface area contributed by atoms with Crippen LogP contribution in [0, 0.1) is 0 Å². The zero-order valence-electron chi connectivity index (χ0n) is 10.8. The number of aromatic nitrogens is 1. The Bertz CT molecular complexity index is 528. The largest absolute Gasteiger partial charge is 0.487 e. The zero-order valence-corrected chi connectivity index (χ0v) is 12.4. The van der Waals surface area contributed by atoms with Crippen LogP contribution in [0.1, 0.15) is 30.6 Å². The van der Waals surface area contributed by atoms with Gasteiger partial charge < -0.3 is 10.5 Å². The fraction of sp³-hybridized carbons (Fsp3) is 0.267. The van der Waals surface area contributed by atoms with Crippen molar-refractivity contribution in [1.29, 1.82) is 0 Å². The van der Waals surface area contributed by atoms with Crippen molar-refractivity contribution in [2.24, 2.45) is 5.73 Å². The van der Waals surface area contributed by atoms with Crippen LogP contribution in [0.5, 0.6) is 5.75 Å². The molecule has 0 aliphatic heterocycles. The summed E-state index contributed by atoms with van der Waals surface area (Å²) in [6.07, 6.45) is 2.61. The maximum atomic E-state index is 5.92. The normalized spacial score (nSPS) is 12.2. The summed E-state index contributed by atoms with van der Waals surface area (Å²) in [5.74, 6) is 0.757. The number of halogens is 1. The number of pyridine rings is 1. The van der Waals surface area contributed by atoms with E-state index in [9.17, 15) is 0 Å². The van der Waals surface area contributed by atoms with Crippen molar-refractivity contribution < 1.29 is 4.74 Å². The summed E-state index contributed by atoms with van der Waals surface area (Å²) in [4.78, 5) is 4.32. The van der Waals surface area contributed by atoms with Gasteiger partial charge in [0.1, 0.15) is 12.4 Å². The summed E-state index contributed by atoms with van der Waals surface area (Å²) >= 11 is 3.44. The summed E-state index contributed by atoms with van der Waals surface area (Å²) in [7, 11) is 0. The molecule has 0 unspecified atom stereocenters. The lowest BCUT2D eigenvalue weighted by atomic mass is 10.1. The third-order valence-electron chi connectivity index (χ3n) is 2.87. The van der Waals surface area contributed by atoms with E-state index in [1.54, 1.807) is 6.20 Å². The van der Waals surface area contributed by atoms with Crippen LogP contribution in [0.3, 0.4) is 0 Å². The van der Waals surface area contributed by atoms with Gasteiger partial charge in [-0.15, -0.1) is 0 Å². The summed E-state index contributed by atoms with van der Waals surface area (Å²) in [5, 5.41) is 0. The van der Waals surface area contributed by atoms with Crippen molar-refractivity contribution in [2.75, 3.05) is 0 Å². The average molecular weight is 321 g/mol. The molecule has 19 heavy (non-hydrogen) atoms. The first-order valence-corrected chi connectivity index (χ1v) is 7.07. The molecular formula is C15H17BrN2O. The van der Waals surface area contributed by atoms with Gasteiger partial charge >= 0.3 is 0 Å². The van der Waals surface area contributed by atoms with E-state index in [1.165, 1.54) is 0 Å². The molecule has 100 valence electrons. The van der Waals surface area contributed by atoms with Crippen LogP contribution in [0.25, 0.3) is 0 Å². The molecule has 1 aromatic heterocycles. The molecule has 0 radical (unpaired) electrons. The minimum atomic E-state index is -0.000807. The fourth-order valence-electron chi connectivity index (χ4n) is 1.70. The van der Waals surface area contributed by atoms with Crippen LogP contribution in [0.15, 0.2) is 47.1 Å². The summed E-state index contributed by atoms with van der Waals surface area (Å²) in [5.41, 5.74) is 7.93. The molecule has 0 aliphatic carbocycles. The Hall–Kier alpha value is -1.39. The zero-order chi connectivity index (χ0) is 13.7. The smallest absolute Gasteiger partial charge is 0.138 e. The molecule has 0 aliphatic rings. The molecule has 1 aromatic carbocycles. The fourth-order valence-corrected chi connectivity index (χ4v) is 2.15. The predicted octanol–water partition coefficient (Wildman–Crippen LogP) is 3.83. The second kappa shape index (κ2) is 6.68. The number of hydrogen-bond donors (Lipinski definition) is 1. The first kappa shape index (κ1) is 14.0. The molecule has 2 N–H and O–H groups in total. The molecule has 1 atom stereocenters. The van der Waals surface area contributed by atoms with Crippen molar-refractivity contribution in [1.82, 2.24) is 4.98 Å². The maximum Gasteiger partial charge on any atom is 0.138 e. The standard InChI is InChI=1S/C15H17BrN2O/c1-2-14(17)15-7-6-13(9-18-15)19-10-11-4-3-5-12(16)8-11/h3-9,14H,2,10,17H2,1H3/t14-/m1/s1. The Balaban J connectivity index is 1.96. The Kier molecular flexibility index (Phi) is 4.93. The number of benzene rings is 1. The molecule has 0 spiro atoms. The molecule has 0 amide bonds. The van der Waals surface area contributed by atoms with Gasteiger partial charge in [-0.25, -0.2) is 0 Å². The lowest BCUT2D eigenvalue weighted by molar-refractivity contribution is 0.304. The molecule has 4 heteroatoms. The summed E-state index contributed by atoms with van der Waals surface area (Å²) in [6.45, 7) is 2.57. The van der Waals surface area contributed by atoms with E-state index < -0.39 is 0 Å². The second-order valence-electron chi connectivity index (χ2n) is 4.35. The van der Waals surface area contributed by atoms with Crippen molar-refractivity contribution in [2.45, 2.75) is 26.0 Å². The van der Waals surface area contributed by atoms with Gasteiger partial charge in [-0.3, -0.25) is 4.98 Å². The number of nitrogens with two attached hydrogens (primary N) is 1. The van der Waals surface area contributed by atoms with E-state index in [0.717, 1.165) is 27.9 Å². The minimum absolute atomic E-state index is 0.000807. The van der Waals surface area contributed by atoms with Crippen LogP contribution in [0.4, 0.5) is 0 Å². The first-order valence-electron chi connectivity index (χ1n) is 6.28. The third-order valence-corrected chi connectivity index (χ3v) is 3.37. The Labute approximate surface area is 121 Å². The van der Waals surface area contributed by atoms with Crippen molar-refractivity contribution in [3.63, 3.8) is 0 Å². The molecule has 2 rings (SSSR count). The number of nitrogens with zero attached hydrogens (tertiary/aromatic N) is 1. The Morgan fingerprint density at radius 2 is 2.16 bits per heavy atom. The topological polar surface area (TPSA) is 48.1 Å². The van der Waals surface area contributed by atoms with Crippen LogP contribution < -0.4 is 10.5 Å². The minimum Gasteiger partial charge on any atom is -0.487 e. The van der Waals surface area contributed by atoms with Gasteiger partial charge in [0.25, 0.3) is 0 Å². The molecule has 1 heterocycles. The Morgan fingerprint density at radius 1 is 1.32 bits per heavy atom. The Morgan fingerprint density at radius 3 is 2.79 bits per heavy atom. The highest BCUT2D eigenvalue weighted by atomic mass is 79.9. The average Bonchev–Trinajstić information content (AvgIpc) is 2.45. The predicted molar refractivity (Wildman–Crippen MR) is 79.9 cm³/mol. The van der Waals surface area contributed by atoms with Gasteiger partial charge in [0.2, 0.25) is 0 Å². The van der Waals surface area contributed by atoms with Crippen molar-refractivity contribution in [3.05, 3.63) is 58.3 Å². The highest BCUT2D eigenvalue weighted by Gasteiger charge is 2.04. The van der Waals surface area contributed by atoms with E-state index >= 15 is 0 Å². The summed E-state index contributed by atoms with van der Waals surface area (Å²) < 4.78 is 6.74. The quantitative estimate of drug-likeness (QED) is 0.910. The van der Waals surface area contributed by atoms with Crippen molar-refractivity contribution >= 4 is 15.9 Å². The molecule has 0 fully saturated rings. The molecule has 0 bridgehead atoms. The highest BCUT2D eigenvalue weighted by molar-refractivity contribution is 9.10. The van der Waals surface area contributed by atoms with Gasteiger partial charge in [-0.1, -0.05) is 35.0 Å². The molecular weight excluding hydrogens is 304 g/mol. The monoisotopic (exact) mass is 320 g/mol. The third kappa shape index (κ3) is 4.04. The summed E-state index contributed by atoms with van der Waals surface area (Å²) in [6, 6.07) is 11.9. The SMILES string of the molecule is CC[C@@H](N)c1ccc(OCc2cccc(Br)c2)cn1. The molecule has 3 nitrogen and oxygen atoms in total. The van der Waals surface area contributed by atoms with Gasteiger partial charge in [0.05, 0.1) is 11.9 Å². The van der Waals surface area contributed by atoms with Crippen LogP contribution in [-0.4, -0.2) is 4.98 Å². The number of ether oxygens (including phenoxy) is 1.